The second-order valence-corrected chi connectivity index (χ2v) is 6.18. The summed E-state index contributed by atoms with van der Waals surface area (Å²) in [6, 6.07) is 13.3. The van der Waals surface area contributed by atoms with Crippen LogP contribution in [-0.4, -0.2) is 54.3 Å². The number of nitrogens with one attached hydrogen (secondary N) is 1. The summed E-state index contributed by atoms with van der Waals surface area (Å²) < 4.78 is 17.0. The van der Waals surface area contributed by atoms with Crippen molar-refractivity contribution >= 4 is 17.0 Å². The smallest absolute Gasteiger partial charge is 0.198 e. The second-order valence-electron chi connectivity index (χ2n) is 6.18. The Hall–Kier alpha value is -2.77. The van der Waals surface area contributed by atoms with Crippen LogP contribution in [-0.2, 0) is 4.74 Å². The molecule has 1 aromatic heterocycles. The van der Waals surface area contributed by atoms with E-state index in [1.54, 1.807) is 0 Å². The molecule has 0 aliphatic carbocycles. The summed E-state index contributed by atoms with van der Waals surface area (Å²) in [4.78, 5) is 9.52. The largest absolute Gasteiger partial charge is 0.492 e. The molecule has 0 bridgehead atoms. The number of anilines is 1. The van der Waals surface area contributed by atoms with Crippen LogP contribution in [0, 0.1) is 0 Å². The molecule has 7 nitrogen and oxygen atoms in total. The van der Waals surface area contributed by atoms with Crippen molar-refractivity contribution in [3.8, 4) is 17.2 Å². The standard InChI is InChI=1S/C19H22N4O3/c20-19-21-17-6-5-16(13-18(17)22-19)26-15-3-1-14(2-4-15)25-12-9-23-7-10-24-11-8-23/h1-6,13H,7-12H2,(H3,20,21,22). The number of rotatable bonds is 6. The fourth-order valence-corrected chi connectivity index (χ4v) is 2.93. The Morgan fingerprint density at radius 2 is 1.77 bits per heavy atom. The maximum absolute atomic E-state index is 5.88. The van der Waals surface area contributed by atoms with E-state index in [1.165, 1.54) is 0 Å². The lowest BCUT2D eigenvalue weighted by Gasteiger charge is -2.26. The molecule has 7 heteroatoms. The second kappa shape index (κ2) is 7.63. The van der Waals surface area contributed by atoms with Gasteiger partial charge in [0.05, 0.1) is 24.2 Å². The number of fused-ring (bicyclic) bond motifs is 1. The fourth-order valence-electron chi connectivity index (χ4n) is 2.93. The van der Waals surface area contributed by atoms with E-state index in [0.717, 1.165) is 61.1 Å². The molecular formula is C19H22N4O3. The van der Waals surface area contributed by atoms with Crippen LogP contribution in [0.1, 0.15) is 0 Å². The van der Waals surface area contributed by atoms with Gasteiger partial charge >= 0.3 is 0 Å². The lowest BCUT2D eigenvalue weighted by atomic mass is 10.3. The van der Waals surface area contributed by atoms with Gasteiger partial charge in [0.1, 0.15) is 23.9 Å². The fraction of sp³-hybridized carbons (Fsp3) is 0.316. The van der Waals surface area contributed by atoms with E-state index < -0.39 is 0 Å². The highest BCUT2D eigenvalue weighted by molar-refractivity contribution is 5.78. The molecule has 4 rings (SSSR count). The van der Waals surface area contributed by atoms with Gasteiger partial charge in [-0.15, -0.1) is 0 Å². The number of morpholine rings is 1. The molecule has 0 spiro atoms. The van der Waals surface area contributed by atoms with Crippen LogP contribution in [0.2, 0.25) is 0 Å². The van der Waals surface area contributed by atoms with E-state index in [0.29, 0.717) is 12.6 Å². The summed E-state index contributed by atoms with van der Waals surface area (Å²) in [5.41, 5.74) is 7.34. The highest BCUT2D eigenvalue weighted by atomic mass is 16.5. The van der Waals surface area contributed by atoms with E-state index in [4.69, 9.17) is 19.9 Å². The molecule has 2 heterocycles. The van der Waals surface area contributed by atoms with E-state index in [1.807, 2.05) is 42.5 Å². The Bertz CT molecular complexity index is 857. The van der Waals surface area contributed by atoms with Crippen LogP contribution in [0.4, 0.5) is 5.95 Å². The van der Waals surface area contributed by atoms with Crippen LogP contribution < -0.4 is 15.2 Å². The Labute approximate surface area is 151 Å². The molecule has 0 amide bonds. The number of nitrogen functional groups attached to an aromatic ring is 1. The average Bonchev–Trinajstić information content (AvgIpc) is 3.03. The summed E-state index contributed by atoms with van der Waals surface area (Å²) >= 11 is 0. The van der Waals surface area contributed by atoms with E-state index in [2.05, 4.69) is 14.9 Å². The van der Waals surface area contributed by atoms with Crippen molar-refractivity contribution < 1.29 is 14.2 Å². The van der Waals surface area contributed by atoms with Gasteiger partial charge in [-0.3, -0.25) is 4.90 Å². The molecule has 1 aliphatic rings. The third kappa shape index (κ3) is 4.07. The third-order valence-corrected chi connectivity index (χ3v) is 4.31. The highest BCUT2D eigenvalue weighted by Crippen LogP contribution is 2.26. The Kier molecular flexibility index (Phi) is 4.90. The van der Waals surface area contributed by atoms with Gasteiger partial charge < -0.3 is 24.9 Å². The summed E-state index contributed by atoms with van der Waals surface area (Å²) in [5, 5.41) is 0. The first-order valence-corrected chi connectivity index (χ1v) is 8.72. The number of H-pyrrole nitrogens is 1. The molecule has 1 aliphatic heterocycles. The lowest BCUT2D eigenvalue weighted by Crippen LogP contribution is -2.38. The first-order valence-electron chi connectivity index (χ1n) is 8.72. The number of aromatic amines is 1. The van der Waals surface area contributed by atoms with Crippen molar-refractivity contribution in [1.82, 2.24) is 14.9 Å². The van der Waals surface area contributed by atoms with Gasteiger partial charge in [0, 0.05) is 25.7 Å². The minimum atomic E-state index is 0.399. The number of hydrogen-bond acceptors (Lipinski definition) is 6. The Balaban J connectivity index is 1.31. The summed E-state index contributed by atoms with van der Waals surface area (Å²) in [5.74, 6) is 2.71. The maximum atomic E-state index is 5.88. The van der Waals surface area contributed by atoms with Gasteiger partial charge in [-0.2, -0.15) is 0 Å². The van der Waals surface area contributed by atoms with Crippen molar-refractivity contribution in [2.45, 2.75) is 0 Å². The number of benzene rings is 2. The lowest BCUT2D eigenvalue weighted by molar-refractivity contribution is 0.0322. The summed E-state index contributed by atoms with van der Waals surface area (Å²) in [6.07, 6.45) is 0. The molecule has 1 fully saturated rings. The molecule has 0 saturated carbocycles. The summed E-state index contributed by atoms with van der Waals surface area (Å²) in [6.45, 7) is 5.14. The molecule has 3 aromatic rings. The molecule has 136 valence electrons. The van der Waals surface area contributed by atoms with Gasteiger partial charge in [0.15, 0.2) is 5.95 Å². The zero-order valence-electron chi connectivity index (χ0n) is 14.5. The van der Waals surface area contributed by atoms with Crippen molar-refractivity contribution in [1.29, 1.82) is 0 Å². The van der Waals surface area contributed by atoms with Crippen LogP contribution in [0.15, 0.2) is 42.5 Å². The minimum Gasteiger partial charge on any atom is -0.492 e. The molecule has 2 aromatic carbocycles. The van der Waals surface area contributed by atoms with Crippen molar-refractivity contribution in [2.24, 2.45) is 0 Å². The van der Waals surface area contributed by atoms with E-state index in [-0.39, 0.29) is 0 Å². The van der Waals surface area contributed by atoms with Gasteiger partial charge in [-0.1, -0.05) is 0 Å². The first kappa shape index (κ1) is 16.7. The molecule has 1 saturated heterocycles. The predicted molar refractivity (Wildman–Crippen MR) is 99.8 cm³/mol. The number of aromatic nitrogens is 2. The number of ether oxygens (including phenoxy) is 3. The highest BCUT2D eigenvalue weighted by Gasteiger charge is 2.09. The number of nitrogens with zero attached hydrogens (tertiary/aromatic N) is 2. The SMILES string of the molecule is Nc1nc2ccc(Oc3ccc(OCCN4CCOCC4)cc3)cc2[nH]1. The molecular weight excluding hydrogens is 332 g/mol. The average molecular weight is 354 g/mol. The van der Waals surface area contributed by atoms with Crippen molar-refractivity contribution in [2.75, 3.05) is 45.2 Å². The zero-order chi connectivity index (χ0) is 17.8. The molecule has 0 atom stereocenters. The zero-order valence-corrected chi connectivity index (χ0v) is 14.5. The predicted octanol–water partition coefficient (Wildman–Crippen LogP) is 2.65. The summed E-state index contributed by atoms with van der Waals surface area (Å²) in [7, 11) is 0. The first-order chi connectivity index (χ1) is 12.8. The normalized spacial score (nSPS) is 15.2. The van der Waals surface area contributed by atoms with Gasteiger partial charge in [0.2, 0.25) is 0 Å². The Morgan fingerprint density at radius 3 is 2.58 bits per heavy atom. The monoisotopic (exact) mass is 354 g/mol. The van der Waals surface area contributed by atoms with Crippen LogP contribution in [0.25, 0.3) is 11.0 Å². The van der Waals surface area contributed by atoms with Gasteiger partial charge in [0.25, 0.3) is 0 Å². The number of nitrogens with two attached hydrogens (primary N) is 1. The number of imidazole rings is 1. The molecule has 0 unspecified atom stereocenters. The van der Waals surface area contributed by atoms with Gasteiger partial charge in [-0.25, -0.2) is 4.98 Å². The molecule has 26 heavy (non-hydrogen) atoms. The van der Waals surface area contributed by atoms with E-state index >= 15 is 0 Å². The third-order valence-electron chi connectivity index (χ3n) is 4.31. The molecule has 0 radical (unpaired) electrons. The maximum Gasteiger partial charge on any atom is 0.198 e. The quantitative estimate of drug-likeness (QED) is 0.708. The Morgan fingerprint density at radius 1 is 1.04 bits per heavy atom. The number of hydrogen-bond donors (Lipinski definition) is 2. The van der Waals surface area contributed by atoms with Crippen LogP contribution >= 0.6 is 0 Å². The van der Waals surface area contributed by atoms with Crippen molar-refractivity contribution in [3.05, 3.63) is 42.5 Å². The van der Waals surface area contributed by atoms with E-state index in [9.17, 15) is 0 Å². The van der Waals surface area contributed by atoms with Gasteiger partial charge in [-0.05, 0) is 36.4 Å². The minimum absolute atomic E-state index is 0.399. The topological polar surface area (TPSA) is 85.6 Å². The molecule has 3 N–H and O–H groups in total. The van der Waals surface area contributed by atoms with Crippen LogP contribution in [0.3, 0.4) is 0 Å². The van der Waals surface area contributed by atoms with Crippen molar-refractivity contribution in [3.63, 3.8) is 0 Å². The van der Waals surface area contributed by atoms with Crippen LogP contribution in [0.5, 0.6) is 17.2 Å².